The van der Waals surface area contributed by atoms with E-state index in [9.17, 15) is 9.18 Å². The van der Waals surface area contributed by atoms with Gasteiger partial charge in [-0.25, -0.2) is 9.37 Å². The highest BCUT2D eigenvalue weighted by Crippen LogP contribution is 2.28. The van der Waals surface area contributed by atoms with Crippen molar-refractivity contribution in [2.24, 2.45) is 0 Å². The highest BCUT2D eigenvalue weighted by Gasteiger charge is 2.18. The van der Waals surface area contributed by atoms with Crippen LogP contribution in [-0.4, -0.2) is 22.8 Å². The molecule has 0 unspecified atom stereocenters. The van der Waals surface area contributed by atoms with Gasteiger partial charge in [0.2, 0.25) is 0 Å². The largest absolute Gasteiger partial charge is 0.337 e. The molecule has 3 rings (SSSR count). The molecule has 0 aliphatic rings. The van der Waals surface area contributed by atoms with E-state index in [2.05, 4.69) is 4.98 Å². The number of hydrogen-bond acceptors (Lipinski definition) is 4. The van der Waals surface area contributed by atoms with Crippen LogP contribution < -0.4 is 0 Å². The Balaban J connectivity index is 1.76. The van der Waals surface area contributed by atoms with Gasteiger partial charge >= 0.3 is 0 Å². The van der Waals surface area contributed by atoms with E-state index in [-0.39, 0.29) is 12.5 Å². The van der Waals surface area contributed by atoms with Crippen LogP contribution in [0.2, 0.25) is 5.02 Å². The zero-order chi connectivity index (χ0) is 19.4. The van der Waals surface area contributed by atoms with E-state index in [0.717, 1.165) is 15.6 Å². The molecule has 0 N–H and O–H groups in total. The quantitative estimate of drug-likeness (QED) is 0.472. The minimum atomic E-state index is -0.413. The molecule has 0 fully saturated rings. The topological polar surface area (TPSA) is 33.2 Å². The third-order valence-corrected chi connectivity index (χ3v) is 6.25. The number of carbonyl (C=O) groups excluding carboxylic acids is 1. The number of halogens is 2. The molecule has 0 spiro atoms. The third kappa shape index (κ3) is 4.89. The van der Waals surface area contributed by atoms with Gasteiger partial charge in [-0.05, 0) is 31.2 Å². The Hall–Kier alpha value is -1.89. The van der Waals surface area contributed by atoms with E-state index in [0.29, 0.717) is 21.9 Å². The monoisotopic (exact) mass is 420 g/mol. The minimum Gasteiger partial charge on any atom is -0.337 e. The van der Waals surface area contributed by atoms with Gasteiger partial charge in [-0.1, -0.05) is 29.8 Å². The van der Waals surface area contributed by atoms with E-state index in [1.54, 1.807) is 48.3 Å². The molecule has 2 aromatic carbocycles. The van der Waals surface area contributed by atoms with Crippen LogP contribution in [0.15, 0.2) is 52.7 Å². The maximum atomic E-state index is 14.0. The van der Waals surface area contributed by atoms with Crippen LogP contribution in [0.3, 0.4) is 0 Å². The highest BCUT2D eigenvalue weighted by molar-refractivity contribution is 7.98. The molecule has 7 heteroatoms. The van der Waals surface area contributed by atoms with Crippen molar-refractivity contribution in [3.63, 3.8) is 0 Å². The molecule has 0 bridgehead atoms. The molecule has 0 radical (unpaired) electrons. The average Bonchev–Trinajstić information content (AvgIpc) is 3.08. The van der Waals surface area contributed by atoms with E-state index in [1.165, 1.54) is 11.0 Å². The predicted octanol–water partition coefficient (Wildman–Crippen LogP) is 5.81. The lowest BCUT2D eigenvalue weighted by Gasteiger charge is -2.20. The van der Waals surface area contributed by atoms with Crippen molar-refractivity contribution in [3.05, 3.63) is 80.5 Å². The molecule has 0 aliphatic carbocycles. The lowest BCUT2D eigenvalue weighted by Crippen LogP contribution is -2.27. The third-order valence-electron chi connectivity index (χ3n) is 3.96. The zero-order valence-corrected chi connectivity index (χ0v) is 17.3. The molecule has 1 heterocycles. The summed E-state index contributed by atoms with van der Waals surface area (Å²) in [5, 5.41) is 3.37. The summed E-state index contributed by atoms with van der Waals surface area (Å²) in [5.41, 5.74) is 1.90. The Bertz CT molecular complexity index is 940. The van der Waals surface area contributed by atoms with Crippen LogP contribution in [0, 0.1) is 12.7 Å². The summed E-state index contributed by atoms with van der Waals surface area (Å²) in [6.07, 6.45) is 0. The standard InChI is InChI=1S/C20H18ClFN2OS2/c1-13-23-14(11-26-13)12-27-19-9-4-3-6-15(19)20(25)24(2)10-16-17(21)7-5-8-18(16)22/h3-9,11H,10,12H2,1-2H3. The number of hydrogen-bond donors (Lipinski definition) is 0. The van der Waals surface area contributed by atoms with Gasteiger partial charge in [0.25, 0.3) is 5.91 Å². The van der Waals surface area contributed by atoms with E-state index >= 15 is 0 Å². The molecule has 0 saturated carbocycles. The Labute approximate surface area is 171 Å². The van der Waals surface area contributed by atoms with Crippen molar-refractivity contribution in [2.45, 2.75) is 24.1 Å². The number of aromatic nitrogens is 1. The molecule has 1 aromatic heterocycles. The van der Waals surface area contributed by atoms with Crippen molar-refractivity contribution in [3.8, 4) is 0 Å². The Morgan fingerprint density at radius 2 is 2.04 bits per heavy atom. The molecule has 0 saturated heterocycles. The van der Waals surface area contributed by atoms with Crippen molar-refractivity contribution < 1.29 is 9.18 Å². The summed E-state index contributed by atoms with van der Waals surface area (Å²) in [5.74, 6) is 0.105. The van der Waals surface area contributed by atoms with Crippen LogP contribution in [0.5, 0.6) is 0 Å². The van der Waals surface area contributed by atoms with Gasteiger partial charge < -0.3 is 4.90 Å². The SMILES string of the molecule is Cc1nc(CSc2ccccc2C(=O)N(C)Cc2c(F)cccc2Cl)cs1. The maximum absolute atomic E-state index is 14.0. The molecular weight excluding hydrogens is 403 g/mol. The predicted molar refractivity (Wildman–Crippen MR) is 110 cm³/mol. The molecular formula is C20H18ClFN2OS2. The number of amides is 1. The van der Waals surface area contributed by atoms with Crippen molar-refractivity contribution in [1.29, 1.82) is 0 Å². The summed E-state index contributed by atoms with van der Waals surface area (Å²) in [7, 11) is 1.65. The van der Waals surface area contributed by atoms with Crippen molar-refractivity contribution in [1.82, 2.24) is 9.88 Å². The second kappa shape index (κ2) is 8.87. The minimum absolute atomic E-state index is 0.106. The first kappa shape index (κ1) is 19.9. The van der Waals surface area contributed by atoms with Gasteiger partial charge in [0.15, 0.2) is 0 Å². The second-order valence-corrected chi connectivity index (χ2v) is 8.49. The number of nitrogens with zero attached hydrogens (tertiary/aromatic N) is 2. The first-order valence-corrected chi connectivity index (χ1v) is 10.5. The summed E-state index contributed by atoms with van der Waals surface area (Å²) < 4.78 is 14.0. The number of rotatable bonds is 6. The molecule has 0 aliphatic heterocycles. The molecule has 3 aromatic rings. The van der Waals surface area contributed by atoms with Gasteiger partial charge in [0.05, 0.1) is 16.3 Å². The number of carbonyl (C=O) groups is 1. The Morgan fingerprint density at radius 1 is 1.26 bits per heavy atom. The van der Waals surface area contributed by atoms with Crippen LogP contribution in [0.4, 0.5) is 4.39 Å². The number of thioether (sulfide) groups is 1. The van der Waals surface area contributed by atoms with E-state index in [4.69, 9.17) is 11.6 Å². The van der Waals surface area contributed by atoms with Crippen LogP contribution in [-0.2, 0) is 12.3 Å². The average molecular weight is 421 g/mol. The van der Waals surface area contributed by atoms with Gasteiger partial charge in [-0.2, -0.15) is 0 Å². The maximum Gasteiger partial charge on any atom is 0.255 e. The van der Waals surface area contributed by atoms with Gasteiger partial charge in [0.1, 0.15) is 5.82 Å². The van der Waals surface area contributed by atoms with Gasteiger partial charge in [0, 0.05) is 40.2 Å². The smallest absolute Gasteiger partial charge is 0.255 e. The zero-order valence-electron chi connectivity index (χ0n) is 14.9. The van der Waals surface area contributed by atoms with E-state index < -0.39 is 5.82 Å². The summed E-state index contributed by atoms with van der Waals surface area (Å²) in [6, 6.07) is 12.0. The summed E-state index contributed by atoms with van der Waals surface area (Å²) in [4.78, 5) is 19.8. The van der Waals surface area contributed by atoms with Crippen molar-refractivity contribution >= 4 is 40.6 Å². The molecule has 27 heavy (non-hydrogen) atoms. The van der Waals surface area contributed by atoms with Crippen LogP contribution in [0.1, 0.15) is 26.6 Å². The number of benzene rings is 2. The summed E-state index contributed by atoms with van der Waals surface area (Å²) >= 11 is 9.27. The fraction of sp³-hybridized carbons (Fsp3) is 0.200. The van der Waals surface area contributed by atoms with Gasteiger partial charge in [-0.3, -0.25) is 4.79 Å². The fourth-order valence-electron chi connectivity index (χ4n) is 2.59. The molecule has 3 nitrogen and oxygen atoms in total. The van der Waals surface area contributed by atoms with Crippen molar-refractivity contribution in [2.75, 3.05) is 7.05 Å². The first-order valence-electron chi connectivity index (χ1n) is 8.27. The molecule has 0 atom stereocenters. The number of aryl methyl sites for hydroxylation is 1. The van der Waals surface area contributed by atoms with Gasteiger partial charge in [-0.15, -0.1) is 23.1 Å². The lowest BCUT2D eigenvalue weighted by molar-refractivity contribution is 0.0780. The molecule has 1 amide bonds. The lowest BCUT2D eigenvalue weighted by atomic mass is 10.1. The fourth-order valence-corrected chi connectivity index (χ4v) is 4.47. The van der Waals surface area contributed by atoms with Crippen LogP contribution in [0.25, 0.3) is 0 Å². The highest BCUT2D eigenvalue weighted by atomic mass is 35.5. The van der Waals surface area contributed by atoms with Crippen LogP contribution >= 0.6 is 34.7 Å². The second-order valence-electron chi connectivity index (χ2n) is 6.00. The molecule has 140 valence electrons. The summed E-state index contributed by atoms with van der Waals surface area (Å²) in [6.45, 7) is 2.08. The normalized spacial score (nSPS) is 10.8. The Morgan fingerprint density at radius 3 is 2.74 bits per heavy atom. The van der Waals surface area contributed by atoms with E-state index in [1.807, 2.05) is 30.5 Å². The first-order chi connectivity index (χ1) is 13.0. The Kier molecular flexibility index (Phi) is 6.52. The number of thiazole rings is 1.